The Hall–Kier alpha value is -1.52. The van der Waals surface area contributed by atoms with Crippen molar-refractivity contribution >= 4 is 54.6 Å². The third kappa shape index (κ3) is 3.24. The van der Waals surface area contributed by atoms with Crippen LogP contribution in [0.15, 0.2) is 57.2 Å². The summed E-state index contributed by atoms with van der Waals surface area (Å²) in [4.78, 5) is 2.47. The molecule has 1 heterocycles. The van der Waals surface area contributed by atoms with Crippen molar-refractivity contribution in [1.82, 2.24) is 0 Å². The first-order valence-corrected chi connectivity index (χ1v) is 10.4. The van der Waals surface area contributed by atoms with E-state index in [4.69, 9.17) is 11.6 Å². The van der Waals surface area contributed by atoms with Crippen LogP contribution in [-0.4, -0.2) is 14.7 Å². The molecule has 23 heavy (non-hydrogen) atoms. The third-order valence-corrected chi connectivity index (χ3v) is 7.14. The van der Waals surface area contributed by atoms with Crippen molar-refractivity contribution in [2.75, 3.05) is 6.26 Å². The van der Waals surface area contributed by atoms with Crippen LogP contribution in [0, 0.1) is 11.3 Å². The van der Waals surface area contributed by atoms with Crippen molar-refractivity contribution in [1.29, 1.82) is 5.26 Å². The molecule has 1 aromatic heterocycles. The van der Waals surface area contributed by atoms with Crippen molar-refractivity contribution in [3.8, 4) is 6.07 Å². The van der Waals surface area contributed by atoms with Gasteiger partial charge in [0.15, 0.2) is 9.84 Å². The molecule has 3 aromatic rings. The molecular formula is C16H10ClNO2S3. The van der Waals surface area contributed by atoms with E-state index in [2.05, 4.69) is 6.07 Å². The predicted molar refractivity (Wildman–Crippen MR) is 95.2 cm³/mol. The number of halogens is 1. The van der Waals surface area contributed by atoms with Gasteiger partial charge in [0, 0.05) is 26.1 Å². The summed E-state index contributed by atoms with van der Waals surface area (Å²) >= 11 is 8.90. The highest BCUT2D eigenvalue weighted by Crippen LogP contribution is 2.43. The van der Waals surface area contributed by atoms with Gasteiger partial charge in [-0.3, -0.25) is 0 Å². The minimum atomic E-state index is -3.27. The first kappa shape index (κ1) is 16.3. The average molecular weight is 380 g/mol. The molecule has 0 unspecified atom stereocenters. The van der Waals surface area contributed by atoms with Crippen molar-refractivity contribution in [2.45, 2.75) is 14.7 Å². The van der Waals surface area contributed by atoms with E-state index in [-0.39, 0.29) is 4.90 Å². The summed E-state index contributed by atoms with van der Waals surface area (Å²) in [6, 6.07) is 14.6. The first-order valence-electron chi connectivity index (χ1n) is 6.49. The molecule has 0 aliphatic heterocycles. The Morgan fingerprint density at radius 1 is 1.22 bits per heavy atom. The first-order chi connectivity index (χ1) is 10.9. The smallest absolute Gasteiger partial charge is 0.175 e. The lowest BCUT2D eigenvalue weighted by molar-refractivity contribution is 0.602. The minimum Gasteiger partial charge on any atom is -0.224 e. The van der Waals surface area contributed by atoms with Gasteiger partial charge in [-0.1, -0.05) is 41.6 Å². The van der Waals surface area contributed by atoms with Gasteiger partial charge in [0.25, 0.3) is 0 Å². The number of benzene rings is 2. The van der Waals surface area contributed by atoms with E-state index in [0.29, 0.717) is 9.90 Å². The van der Waals surface area contributed by atoms with E-state index >= 15 is 0 Å². The van der Waals surface area contributed by atoms with E-state index in [1.165, 1.54) is 29.4 Å². The second-order valence-corrected chi connectivity index (χ2v) is 9.36. The van der Waals surface area contributed by atoms with Crippen molar-refractivity contribution in [3.05, 3.63) is 52.4 Å². The molecule has 0 saturated carbocycles. The normalized spacial score (nSPS) is 11.5. The molecule has 0 spiro atoms. The number of nitriles is 1. The molecule has 0 atom stereocenters. The Kier molecular flexibility index (Phi) is 4.39. The van der Waals surface area contributed by atoms with Gasteiger partial charge in [-0.25, -0.2) is 8.42 Å². The summed E-state index contributed by atoms with van der Waals surface area (Å²) in [6.07, 6.45) is 1.17. The molecule has 3 rings (SSSR count). The molecule has 0 fully saturated rings. The number of sulfone groups is 1. The van der Waals surface area contributed by atoms with Crippen molar-refractivity contribution < 1.29 is 8.42 Å². The maximum Gasteiger partial charge on any atom is 0.175 e. The molecule has 0 saturated heterocycles. The van der Waals surface area contributed by atoms with Gasteiger partial charge in [0.05, 0.1) is 9.92 Å². The summed E-state index contributed by atoms with van der Waals surface area (Å²) in [5.74, 6) is 0. The van der Waals surface area contributed by atoms with Gasteiger partial charge < -0.3 is 0 Å². The lowest BCUT2D eigenvalue weighted by Gasteiger charge is -2.04. The van der Waals surface area contributed by atoms with Crippen LogP contribution in [0.2, 0.25) is 5.02 Å². The standard InChI is InChI=1S/C16H10ClNO2S3/c1-23(19,20)10-6-7-11-14(8-10)21-15(9-18)16(11)22-13-5-3-2-4-12(13)17/h2-8H,1H3. The van der Waals surface area contributed by atoms with Crippen LogP contribution < -0.4 is 0 Å². The lowest BCUT2D eigenvalue weighted by atomic mass is 10.2. The minimum absolute atomic E-state index is 0.255. The highest BCUT2D eigenvalue weighted by Gasteiger charge is 2.17. The highest BCUT2D eigenvalue weighted by molar-refractivity contribution is 8.00. The summed E-state index contributed by atoms with van der Waals surface area (Å²) < 4.78 is 24.2. The maximum absolute atomic E-state index is 11.7. The fraction of sp³-hybridized carbons (Fsp3) is 0.0625. The van der Waals surface area contributed by atoms with Crippen LogP contribution in [0.5, 0.6) is 0 Å². The Morgan fingerprint density at radius 3 is 2.61 bits per heavy atom. The van der Waals surface area contributed by atoms with Gasteiger partial charge in [0.2, 0.25) is 0 Å². The van der Waals surface area contributed by atoms with Crippen molar-refractivity contribution in [3.63, 3.8) is 0 Å². The Labute approximate surface area is 147 Å². The molecule has 2 aromatic carbocycles. The maximum atomic E-state index is 11.7. The summed E-state index contributed by atoms with van der Waals surface area (Å²) in [5, 5.41) is 10.9. The zero-order valence-electron chi connectivity index (χ0n) is 11.9. The fourth-order valence-electron chi connectivity index (χ4n) is 2.10. The summed E-state index contributed by atoms with van der Waals surface area (Å²) in [6.45, 7) is 0. The van der Waals surface area contributed by atoms with Gasteiger partial charge in [-0.05, 0) is 24.3 Å². The number of nitrogens with zero attached hydrogens (tertiary/aromatic N) is 1. The van der Waals surface area contributed by atoms with Crippen LogP contribution in [0.3, 0.4) is 0 Å². The molecule has 0 aliphatic carbocycles. The molecule has 3 nitrogen and oxygen atoms in total. The zero-order valence-corrected chi connectivity index (χ0v) is 15.1. The number of hydrogen-bond donors (Lipinski definition) is 0. The zero-order chi connectivity index (χ0) is 16.6. The molecule has 0 amide bonds. The fourth-order valence-corrected chi connectivity index (χ4v) is 5.28. The monoisotopic (exact) mass is 379 g/mol. The Balaban J connectivity index is 2.17. The second kappa shape index (κ2) is 6.17. The molecule has 116 valence electrons. The van der Waals surface area contributed by atoms with Crippen LogP contribution in [0.4, 0.5) is 0 Å². The SMILES string of the molecule is CS(=O)(=O)c1ccc2c(Sc3ccccc3Cl)c(C#N)sc2c1. The van der Waals surface area contributed by atoms with E-state index in [9.17, 15) is 13.7 Å². The van der Waals surface area contributed by atoms with Crippen molar-refractivity contribution in [2.24, 2.45) is 0 Å². The van der Waals surface area contributed by atoms with Gasteiger partial charge in [-0.2, -0.15) is 5.26 Å². The second-order valence-electron chi connectivity index (χ2n) is 4.83. The lowest BCUT2D eigenvalue weighted by Crippen LogP contribution is -1.95. The van der Waals surface area contributed by atoms with E-state index in [1.54, 1.807) is 24.3 Å². The third-order valence-electron chi connectivity index (χ3n) is 3.19. The topological polar surface area (TPSA) is 57.9 Å². The average Bonchev–Trinajstić information content (AvgIpc) is 2.86. The van der Waals surface area contributed by atoms with Gasteiger partial charge in [-0.15, -0.1) is 11.3 Å². The molecule has 0 radical (unpaired) electrons. The largest absolute Gasteiger partial charge is 0.224 e. The van der Waals surface area contributed by atoms with Crippen LogP contribution in [-0.2, 0) is 9.84 Å². The predicted octanol–water partition coefficient (Wildman–Crippen LogP) is 4.98. The van der Waals surface area contributed by atoms with E-state index in [1.807, 2.05) is 18.2 Å². The van der Waals surface area contributed by atoms with Gasteiger partial charge >= 0.3 is 0 Å². The quantitative estimate of drug-likeness (QED) is 0.643. The number of hydrogen-bond acceptors (Lipinski definition) is 5. The molecule has 7 heteroatoms. The Morgan fingerprint density at radius 2 is 1.96 bits per heavy atom. The summed E-state index contributed by atoms with van der Waals surface area (Å²) in [5.41, 5.74) is 0. The molecule has 0 N–H and O–H groups in total. The molecule has 0 bridgehead atoms. The Bertz CT molecular complexity index is 1050. The van der Waals surface area contributed by atoms with Gasteiger partial charge in [0.1, 0.15) is 10.9 Å². The van der Waals surface area contributed by atoms with E-state index < -0.39 is 9.84 Å². The number of fused-ring (bicyclic) bond motifs is 1. The van der Waals surface area contributed by atoms with Crippen LogP contribution in [0.25, 0.3) is 10.1 Å². The molecular weight excluding hydrogens is 370 g/mol. The van der Waals surface area contributed by atoms with E-state index in [0.717, 1.165) is 19.9 Å². The van der Waals surface area contributed by atoms with Crippen LogP contribution >= 0.6 is 34.7 Å². The molecule has 0 aliphatic rings. The van der Waals surface area contributed by atoms with Crippen LogP contribution in [0.1, 0.15) is 4.88 Å². The number of thiophene rings is 1. The summed E-state index contributed by atoms with van der Waals surface area (Å²) in [7, 11) is -3.27. The highest BCUT2D eigenvalue weighted by atomic mass is 35.5. The number of rotatable bonds is 3.